The van der Waals surface area contributed by atoms with Gasteiger partial charge in [-0.15, -0.1) is 0 Å². The zero-order chi connectivity index (χ0) is 14.8. The van der Waals surface area contributed by atoms with Gasteiger partial charge in [-0.3, -0.25) is 0 Å². The van der Waals surface area contributed by atoms with Crippen LogP contribution in [0.25, 0.3) is 0 Å². The molecule has 1 aliphatic rings. The largest absolute Gasteiger partial charge is 0.243 e. The molecule has 1 atom stereocenters. The quantitative estimate of drug-likeness (QED) is 0.769. The maximum atomic E-state index is 12.8. The van der Waals surface area contributed by atoms with Crippen molar-refractivity contribution in [3.63, 3.8) is 0 Å². The number of nitrogens with zero attached hydrogens (tertiary/aromatic N) is 1. The van der Waals surface area contributed by atoms with Crippen LogP contribution in [0.3, 0.4) is 0 Å². The van der Waals surface area contributed by atoms with Gasteiger partial charge in [-0.1, -0.05) is 28.4 Å². The van der Waals surface area contributed by atoms with Gasteiger partial charge >= 0.3 is 0 Å². The van der Waals surface area contributed by atoms with Crippen LogP contribution in [0.5, 0.6) is 0 Å². The molecule has 0 N–H and O–H groups in total. The Morgan fingerprint density at radius 1 is 1.25 bits per heavy atom. The molecule has 1 aromatic carbocycles. The van der Waals surface area contributed by atoms with Crippen LogP contribution in [0, 0.1) is 13.8 Å². The van der Waals surface area contributed by atoms with Crippen LogP contribution < -0.4 is 0 Å². The first kappa shape index (κ1) is 16.0. The normalized spacial score (nSPS) is 21.1. The van der Waals surface area contributed by atoms with Crippen LogP contribution >= 0.6 is 15.9 Å². The Morgan fingerprint density at radius 2 is 2.00 bits per heavy atom. The number of aryl methyl sites for hydroxylation is 2. The van der Waals surface area contributed by atoms with Gasteiger partial charge < -0.3 is 0 Å². The second-order valence-electron chi connectivity index (χ2n) is 5.49. The third kappa shape index (κ3) is 3.26. The van der Waals surface area contributed by atoms with Crippen molar-refractivity contribution in [2.45, 2.75) is 50.5 Å². The zero-order valence-electron chi connectivity index (χ0n) is 12.1. The molecule has 0 bridgehead atoms. The fourth-order valence-electron chi connectivity index (χ4n) is 2.71. The molecule has 5 heteroatoms. The van der Waals surface area contributed by atoms with Crippen molar-refractivity contribution in [3.05, 3.63) is 29.3 Å². The summed E-state index contributed by atoms with van der Waals surface area (Å²) in [5, 5.41) is 0.844. The highest BCUT2D eigenvalue weighted by Crippen LogP contribution is 2.28. The Hall–Kier alpha value is -0.390. The predicted molar refractivity (Wildman–Crippen MR) is 85.9 cm³/mol. The summed E-state index contributed by atoms with van der Waals surface area (Å²) in [6.45, 7) is 4.60. The van der Waals surface area contributed by atoms with E-state index in [1.807, 2.05) is 19.9 Å². The lowest BCUT2D eigenvalue weighted by Gasteiger charge is -2.34. The number of alkyl halides is 1. The van der Waals surface area contributed by atoms with E-state index < -0.39 is 10.0 Å². The molecule has 20 heavy (non-hydrogen) atoms. The first-order chi connectivity index (χ1) is 9.46. The van der Waals surface area contributed by atoms with Crippen LogP contribution in [0.15, 0.2) is 23.1 Å². The molecule has 1 heterocycles. The van der Waals surface area contributed by atoms with Gasteiger partial charge in [-0.05, 0) is 56.4 Å². The molecule has 2 rings (SSSR count). The molecule has 0 saturated carbocycles. The van der Waals surface area contributed by atoms with Gasteiger partial charge in [0.05, 0.1) is 4.90 Å². The smallest absolute Gasteiger partial charge is 0.207 e. The van der Waals surface area contributed by atoms with Crippen molar-refractivity contribution in [3.8, 4) is 0 Å². The van der Waals surface area contributed by atoms with Gasteiger partial charge in [0.25, 0.3) is 0 Å². The zero-order valence-corrected chi connectivity index (χ0v) is 14.5. The van der Waals surface area contributed by atoms with Crippen LogP contribution in [0.2, 0.25) is 0 Å². The van der Waals surface area contributed by atoms with Crippen LogP contribution in [0.1, 0.15) is 36.8 Å². The molecule has 1 saturated heterocycles. The van der Waals surface area contributed by atoms with Gasteiger partial charge in [0.2, 0.25) is 10.0 Å². The summed E-state index contributed by atoms with van der Waals surface area (Å²) in [6, 6.07) is 5.56. The second kappa shape index (κ2) is 6.58. The number of rotatable bonds is 4. The topological polar surface area (TPSA) is 37.4 Å². The molecular formula is C15H22BrNO2S. The van der Waals surface area contributed by atoms with E-state index in [9.17, 15) is 8.42 Å². The van der Waals surface area contributed by atoms with E-state index in [4.69, 9.17) is 0 Å². The average molecular weight is 360 g/mol. The summed E-state index contributed by atoms with van der Waals surface area (Å²) in [6.07, 6.45) is 3.93. The lowest BCUT2D eigenvalue weighted by atomic mass is 10.0. The molecule has 0 spiro atoms. The first-order valence-electron chi connectivity index (χ1n) is 7.12. The average Bonchev–Trinajstić information content (AvgIpc) is 2.42. The standard InChI is InChI=1S/C15H22BrNO2S/c1-12-6-7-15(11-13(12)2)20(18,19)17-10-4-3-5-14(17)8-9-16/h6-7,11,14H,3-5,8-10H2,1-2H3. The van der Waals surface area contributed by atoms with Crippen LogP contribution in [-0.4, -0.2) is 30.6 Å². The van der Waals surface area contributed by atoms with E-state index in [2.05, 4.69) is 15.9 Å². The maximum Gasteiger partial charge on any atom is 0.243 e. The molecule has 0 amide bonds. The molecule has 1 unspecified atom stereocenters. The summed E-state index contributed by atoms with van der Waals surface area (Å²) < 4.78 is 27.4. The Labute approximate surface area is 130 Å². The maximum absolute atomic E-state index is 12.8. The van der Waals surface area contributed by atoms with Crippen molar-refractivity contribution in [1.29, 1.82) is 0 Å². The monoisotopic (exact) mass is 359 g/mol. The number of piperidine rings is 1. The number of hydrogen-bond donors (Lipinski definition) is 0. The van der Waals surface area contributed by atoms with Crippen molar-refractivity contribution < 1.29 is 8.42 Å². The molecule has 1 aliphatic heterocycles. The van der Waals surface area contributed by atoms with Crippen molar-refractivity contribution >= 4 is 26.0 Å². The van der Waals surface area contributed by atoms with Crippen LogP contribution in [0.4, 0.5) is 0 Å². The third-order valence-electron chi connectivity index (χ3n) is 4.10. The molecule has 112 valence electrons. The van der Waals surface area contributed by atoms with Gasteiger partial charge in [-0.2, -0.15) is 4.31 Å². The van der Waals surface area contributed by atoms with E-state index in [1.165, 1.54) is 0 Å². The summed E-state index contributed by atoms with van der Waals surface area (Å²) in [4.78, 5) is 0.432. The van der Waals surface area contributed by atoms with E-state index in [0.29, 0.717) is 11.4 Å². The Bertz CT molecular complexity index is 569. The summed E-state index contributed by atoms with van der Waals surface area (Å²) in [5.74, 6) is 0. The van der Waals surface area contributed by atoms with Gasteiger partial charge in [0.15, 0.2) is 0 Å². The molecule has 0 aliphatic carbocycles. The van der Waals surface area contributed by atoms with E-state index in [0.717, 1.165) is 42.1 Å². The number of halogens is 1. The molecule has 0 radical (unpaired) electrons. The van der Waals surface area contributed by atoms with Crippen molar-refractivity contribution in [2.24, 2.45) is 0 Å². The predicted octanol–water partition coefficient (Wildman–Crippen LogP) is 3.63. The highest BCUT2D eigenvalue weighted by atomic mass is 79.9. The fourth-order valence-corrected chi connectivity index (χ4v) is 5.05. The van der Waals surface area contributed by atoms with Crippen LogP contribution in [-0.2, 0) is 10.0 Å². The molecule has 1 aromatic rings. The molecular weight excluding hydrogens is 338 g/mol. The lowest BCUT2D eigenvalue weighted by Crippen LogP contribution is -2.43. The van der Waals surface area contributed by atoms with Crippen molar-refractivity contribution in [2.75, 3.05) is 11.9 Å². The minimum absolute atomic E-state index is 0.134. The Balaban J connectivity index is 2.34. The van der Waals surface area contributed by atoms with Gasteiger partial charge in [-0.25, -0.2) is 8.42 Å². The van der Waals surface area contributed by atoms with E-state index in [-0.39, 0.29) is 6.04 Å². The third-order valence-corrected chi connectivity index (χ3v) is 6.51. The molecule has 1 fully saturated rings. The lowest BCUT2D eigenvalue weighted by molar-refractivity contribution is 0.248. The van der Waals surface area contributed by atoms with Gasteiger partial charge in [0.1, 0.15) is 0 Å². The summed E-state index contributed by atoms with van der Waals surface area (Å²) in [5.41, 5.74) is 2.15. The highest BCUT2D eigenvalue weighted by molar-refractivity contribution is 9.09. The minimum Gasteiger partial charge on any atom is -0.207 e. The van der Waals surface area contributed by atoms with Crippen molar-refractivity contribution in [1.82, 2.24) is 4.31 Å². The van der Waals surface area contributed by atoms with Gasteiger partial charge in [0, 0.05) is 17.9 Å². The van der Waals surface area contributed by atoms with E-state index in [1.54, 1.807) is 16.4 Å². The molecule has 0 aromatic heterocycles. The summed E-state index contributed by atoms with van der Waals surface area (Å²) >= 11 is 3.44. The fraction of sp³-hybridized carbons (Fsp3) is 0.600. The van der Waals surface area contributed by atoms with E-state index >= 15 is 0 Å². The Morgan fingerprint density at radius 3 is 2.65 bits per heavy atom. The number of sulfonamides is 1. The SMILES string of the molecule is Cc1ccc(S(=O)(=O)N2CCCCC2CCBr)cc1C. The Kier molecular flexibility index (Phi) is 5.26. The molecule has 3 nitrogen and oxygen atoms in total. The number of hydrogen-bond acceptors (Lipinski definition) is 2. The summed E-state index contributed by atoms with van der Waals surface area (Å²) in [7, 11) is -3.36. The second-order valence-corrected chi connectivity index (χ2v) is 8.17. The number of benzene rings is 1. The minimum atomic E-state index is -3.36. The highest BCUT2D eigenvalue weighted by Gasteiger charge is 2.33. The first-order valence-corrected chi connectivity index (χ1v) is 9.68.